The van der Waals surface area contributed by atoms with Crippen molar-refractivity contribution in [2.45, 2.75) is 19.3 Å². The lowest BCUT2D eigenvalue weighted by Gasteiger charge is -2.15. The Morgan fingerprint density at radius 2 is 2.00 bits per heavy atom. The zero-order chi connectivity index (χ0) is 15.2. The number of fused-ring (bicyclic) bond motifs is 1. The molecule has 0 amide bonds. The lowest BCUT2D eigenvalue weighted by atomic mass is 9.85. The molecule has 1 aliphatic rings. The summed E-state index contributed by atoms with van der Waals surface area (Å²) in [4.78, 5) is 12.7. The summed E-state index contributed by atoms with van der Waals surface area (Å²) in [7, 11) is 0. The van der Waals surface area contributed by atoms with Gasteiger partial charge in [-0.1, -0.05) is 41.4 Å². The van der Waals surface area contributed by atoms with Crippen LogP contribution in [0.3, 0.4) is 0 Å². The number of hydrogen-bond acceptors (Lipinski definition) is 2. The molecule has 4 heteroatoms. The molecule has 0 atom stereocenters. The molecule has 3 rings (SSSR count). The van der Waals surface area contributed by atoms with Crippen LogP contribution in [-0.2, 0) is 5.41 Å². The van der Waals surface area contributed by atoms with Crippen LogP contribution in [0.1, 0.15) is 35.3 Å². The first kappa shape index (κ1) is 14.6. The standard InChI is InChI=1S/C17H14BrClO2/c1-17(2)9-21-15-6-3-10(7-13(15)17)16(20)12-8-11(18)4-5-14(12)19/h3-8H,9H2,1-2H3. The summed E-state index contributed by atoms with van der Waals surface area (Å²) in [6, 6.07) is 10.9. The highest BCUT2D eigenvalue weighted by molar-refractivity contribution is 9.10. The molecule has 1 heterocycles. The first-order chi connectivity index (χ1) is 9.88. The molecule has 0 spiro atoms. The zero-order valence-electron chi connectivity index (χ0n) is 11.7. The van der Waals surface area contributed by atoms with Crippen LogP contribution >= 0.6 is 27.5 Å². The monoisotopic (exact) mass is 364 g/mol. The van der Waals surface area contributed by atoms with E-state index in [1.807, 2.05) is 18.2 Å². The third kappa shape index (κ3) is 2.60. The number of carbonyl (C=O) groups excluding carboxylic acids is 1. The minimum absolute atomic E-state index is 0.0767. The smallest absolute Gasteiger partial charge is 0.194 e. The Kier molecular flexibility index (Phi) is 3.58. The Labute approximate surface area is 137 Å². The van der Waals surface area contributed by atoms with Gasteiger partial charge in [-0.05, 0) is 36.4 Å². The molecule has 0 unspecified atom stereocenters. The van der Waals surface area contributed by atoms with Crippen molar-refractivity contribution in [3.63, 3.8) is 0 Å². The Morgan fingerprint density at radius 1 is 1.24 bits per heavy atom. The number of ether oxygens (including phenoxy) is 1. The SMILES string of the molecule is CC1(C)COc2ccc(C(=O)c3cc(Br)ccc3Cl)cc21. The molecule has 0 fully saturated rings. The predicted octanol–water partition coefficient (Wildman–Crippen LogP) is 5.00. The van der Waals surface area contributed by atoms with Crippen molar-refractivity contribution in [3.05, 3.63) is 62.6 Å². The number of ketones is 1. The average Bonchev–Trinajstić information content (AvgIpc) is 2.76. The molecule has 21 heavy (non-hydrogen) atoms. The number of benzene rings is 2. The quantitative estimate of drug-likeness (QED) is 0.700. The van der Waals surface area contributed by atoms with E-state index in [1.165, 1.54) is 0 Å². The molecular weight excluding hydrogens is 352 g/mol. The van der Waals surface area contributed by atoms with Gasteiger partial charge < -0.3 is 4.74 Å². The second-order valence-corrected chi connectivity index (χ2v) is 7.16. The summed E-state index contributed by atoms with van der Waals surface area (Å²) in [5.74, 6) is 0.781. The van der Waals surface area contributed by atoms with E-state index in [2.05, 4.69) is 29.8 Å². The van der Waals surface area contributed by atoms with Gasteiger partial charge >= 0.3 is 0 Å². The third-order valence-electron chi connectivity index (χ3n) is 3.73. The van der Waals surface area contributed by atoms with Crippen LogP contribution in [0.2, 0.25) is 5.02 Å². The lowest BCUT2D eigenvalue weighted by molar-refractivity contribution is 0.103. The summed E-state index contributed by atoms with van der Waals surface area (Å²) >= 11 is 9.52. The maximum absolute atomic E-state index is 12.7. The Morgan fingerprint density at radius 3 is 2.76 bits per heavy atom. The van der Waals surface area contributed by atoms with E-state index in [9.17, 15) is 4.79 Å². The highest BCUT2D eigenvalue weighted by atomic mass is 79.9. The second kappa shape index (κ2) is 5.15. The summed E-state index contributed by atoms with van der Waals surface area (Å²) in [5.41, 5.74) is 2.13. The van der Waals surface area contributed by atoms with Gasteiger partial charge in [0, 0.05) is 26.6 Å². The molecule has 2 aromatic carbocycles. The van der Waals surface area contributed by atoms with Crippen LogP contribution in [-0.4, -0.2) is 12.4 Å². The van der Waals surface area contributed by atoms with Crippen LogP contribution in [0.25, 0.3) is 0 Å². The molecule has 2 nitrogen and oxygen atoms in total. The van der Waals surface area contributed by atoms with Crippen molar-refractivity contribution in [1.82, 2.24) is 0 Å². The van der Waals surface area contributed by atoms with Crippen LogP contribution in [0.4, 0.5) is 0 Å². The number of hydrogen-bond donors (Lipinski definition) is 0. The van der Waals surface area contributed by atoms with Crippen molar-refractivity contribution >= 4 is 33.3 Å². The molecule has 0 N–H and O–H groups in total. The molecule has 0 saturated heterocycles. The van der Waals surface area contributed by atoms with E-state index in [4.69, 9.17) is 16.3 Å². The summed E-state index contributed by atoms with van der Waals surface area (Å²) < 4.78 is 6.49. The largest absolute Gasteiger partial charge is 0.492 e. The van der Waals surface area contributed by atoms with Crippen molar-refractivity contribution < 1.29 is 9.53 Å². The average molecular weight is 366 g/mol. The minimum atomic E-state index is -0.0770. The van der Waals surface area contributed by atoms with Gasteiger partial charge in [-0.15, -0.1) is 0 Å². The molecule has 1 aliphatic heterocycles. The van der Waals surface area contributed by atoms with Gasteiger partial charge in [-0.2, -0.15) is 0 Å². The Bertz CT molecular complexity index is 738. The van der Waals surface area contributed by atoms with E-state index in [0.29, 0.717) is 22.8 Å². The van der Waals surface area contributed by atoms with Gasteiger partial charge in [0.25, 0.3) is 0 Å². The topological polar surface area (TPSA) is 26.3 Å². The molecule has 0 aliphatic carbocycles. The molecule has 0 bridgehead atoms. The van der Waals surface area contributed by atoms with E-state index < -0.39 is 0 Å². The Balaban J connectivity index is 2.06. The third-order valence-corrected chi connectivity index (χ3v) is 4.56. The normalized spacial score (nSPS) is 15.4. The van der Waals surface area contributed by atoms with Crippen molar-refractivity contribution in [2.24, 2.45) is 0 Å². The summed E-state index contributed by atoms with van der Waals surface area (Å²) in [5, 5.41) is 0.458. The lowest BCUT2D eigenvalue weighted by Crippen LogP contribution is -2.18. The minimum Gasteiger partial charge on any atom is -0.492 e. The summed E-state index contributed by atoms with van der Waals surface area (Å²) in [6.07, 6.45) is 0. The van der Waals surface area contributed by atoms with E-state index in [1.54, 1.807) is 18.2 Å². The van der Waals surface area contributed by atoms with Gasteiger partial charge in [0.05, 0.1) is 11.6 Å². The number of rotatable bonds is 2. The highest BCUT2D eigenvalue weighted by Crippen LogP contribution is 2.39. The van der Waals surface area contributed by atoms with E-state index >= 15 is 0 Å². The molecule has 0 radical (unpaired) electrons. The zero-order valence-corrected chi connectivity index (χ0v) is 14.1. The molecule has 2 aromatic rings. The van der Waals surface area contributed by atoms with Crippen LogP contribution < -0.4 is 4.74 Å². The van der Waals surface area contributed by atoms with Gasteiger partial charge in [0.1, 0.15) is 5.75 Å². The molecule has 108 valence electrons. The Hall–Kier alpha value is -1.32. The first-order valence-corrected chi connectivity index (χ1v) is 7.83. The van der Waals surface area contributed by atoms with Gasteiger partial charge in [-0.25, -0.2) is 0 Å². The van der Waals surface area contributed by atoms with Crippen LogP contribution in [0, 0.1) is 0 Å². The van der Waals surface area contributed by atoms with E-state index in [0.717, 1.165) is 15.8 Å². The predicted molar refractivity (Wildman–Crippen MR) is 87.5 cm³/mol. The van der Waals surface area contributed by atoms with Gasteiger partial charge in [-0.3, -0.25) is 4.79 Å². The first-order valence-electron chi connectivity index (χ1n) is 6.65. The fourth-order valence-electron chi connectivity index (χ4n) is 2.49. The van der Waals surface area contributed by atoms with E-state index in [-0.39, 0.29) is 11.2 Å². The number of halogens is 2. The number of carbonyl (C=O) groups is 1. The maximum Gasteiger partial charge on any atom is 0.194 e. The van der Waals surface area contributed by atoms with Crippen molar-refractivity contribution in [2.75, 3.05) is 6.61 Å². The molecule has 0 aromatic heterocycles. The molecular formula is C17H14BrClO2. The van der Waals surface area contributed by atoms with Crippen molar-refractivity contribution in [3.8, 4) is 5.75 Å². The molecule has 0 saturated carbocycles. The van der Waals surface area contributed by atoms with Crippen LogP contribution in [0.15, 0.2) is 40.9 Å². The summed E-state index contributed by atoms with van der Waals surface area (Å²) in [6.45, 7) is 4.86. The van der Waals surface area contributed by atoms with Gasteiger partial charge in [0.2, 0.25) is 0 Å². The fraction of sp³-hybridized carbons (Fsp3) is 0.235. The second-order valence-electron chi connectivity index (χ2n) is 5.84. The maximum atomic E-state index is 12.7. The van der Waals surface area contributed by atoms with Gasteiger partial charge in [0.15, 0.2) is 5.78 Å². The fourth-order valence-corrected chi connectivity index (χ4v) is 3.05. The highest BCUT2D eigenvalue weighted by Gasteiger charge is 2.32. The van der Waals surface area contributed by atoms with Crippen LogP contribution in [0.5, 0.6) is 5.75 Å². The van der Waals surface area contributed by atoms with Crippen molar-refractivity contribution in [1.29, 1.82) is 0 Å².